The van der Waals surface area contributed by atoms with Crippen molar-refractivity contribution >= 4 is 11.9 Å². The van der Waals surface area contributed by atoms with Crippen LogP contribution in [0.2, 0.25) is 0 Å². The van der Waals surface area contributed by atoms with Crippen molar-refractivity contribution in [2.75, 3.05) is 6.54 Å². The van der Waals surface area contributed by atoms with Crippen LogP contribution in [-0.2, 0) is 20.9 Å². The first kappa shape index (κ1) is 13.8. The van der Waals surface area contributed by atoms with E-state index in [2.05, 4.69) is 5.32 Å². The first-order valence-corrected chi connectivity index (χ1v) is 6.99. The molecule has 1 aromatic carbocycles. The van der Waals surface area contributed by atoms with Gasteiger partial charge in [-0.15, -0.1) is 0 Å². The topological polar surface area (TPSA) is 64.6 Å². The van der Waals surface area contributed by atoms with Crippen molar-refractivity contribution in [1.29, 1.82) is 0 Å². The van der Waals surface area contributed by atoms with E-state index in [1.54, 1.807) is 0 Å². The van der Waals surface area contributed by atoms with Crippen LogP contribution in [0.15, 0.2) is 42.5 Å². The van der Waals surface area contributed by atoms with Gasteiger partial charge >= 0.3 is 6.09 Å². The van der Waals surface area contributed by atoms with E-state index in [4.69, 9.17) is 9.47 Å². The predicted molar refractivity (Wildman–Crippen MR) is 75.6 cm³/mol. The zero-order valence-electron chi connectivity index (χ0n) is 11.6. The zero-order chi connectivity index (χ0) is 14.7. The number of benzene rings is 1. The summed E-state index contributed by atoms with van der Waals surface area (Å²) in [5.41, 5.74) is 0.238. The van der Waals surface area contributed by atoms with Gasteiger partial charge in [0.15, 0.2) is 0 Å². The molecule has 0 saturated carbocycles. The third kappa shape index (κ3) is 3.31. The van der Waals surface area contributed by atoms with Gasteiger partial charge in [-0.1, -0.05) is 42.5 Å². The molecule has 0 radical (unpaired) electrons. The van der Waals surface area contributed by atoms with Crippen LogP contribution in [0.5, 0.6) is 0 Å². The molecular formula is C16H17NO4. The number of ketones is 1. The third-order valence-electron chi connectivity index (χ3n) is 3.67. The van der Waals surface area contributed by atoms with Crippen LogP contribution in [0.4, 0.5) is 4.79 Å². The largest absolute Gasteiger partial charge is 0.445 e. The van der Waals surface area contributed by atoms with Crippen LogP contribution in [0.1, 0.15) is 18.4 Å². The molecule has 2 bridgehead atoms. The van der Waals surface area contributed by atoms with Crippen LogP contribution < -0.4 is 5.32 Å². The fourth-order valence-corrected chi connectivity index (χ4v) is 2.66. The monoisotopic (exact) mass is 287 g/mol. The number of ether oxygens (including phenoxy) is 2. The molecule has 5 heteroatoms. The first-order chi connectivity index (χ1) is 10.2. The Kier molecular flexibility index (Phi) is 3.75. The number of nitrogens with one attached hydrogen (secondary N) is 1. The van der Waals surface area contributed by atoms with Crippen molar-refractivity contribution in [3.8, 4) is 0 Å². The Labute approximate surface area is 122 Å². The molecule has 1 saturated heterocycles. The quantitative estimate of drug-likeness (QED) is 0.860. The molecule has 21 heavy (non-hydrogen) atoms. The predicted octanol–water partition coefficient (Wildman–Crippen LogP) is 1.97. The maximum Gasteiger partial charge on any atom is 0.407 e. The second-order valence-corrected chi connectivity index (χ2v) is 5.42. The summed E-state index contributed by atoms with van der Waals surface area (Å²) in [5, 5.41) is 2.67. The number of rotatable bonds is 4. The molecule has 1 aromatic rings. The number of carbonyl (C=O) groups is 2. The van der Waals surface area contributed by atoms with E-state index < -0.39 is 11.7 Å². The summed E-state index contributed by atoms with van der Waals surface area (Å²) in [6.45, 7) is 0.470. The van der Waals surface area contributed by atoms with E-state index in [-0.39, 0.29) is 25.0 Å². The Hall–Kier alpha value is -2.14. The van der Waals surface area contributed by atoms with Gasteiger partial charge in [-0.25, -0.2) is 4.79 Å². The van der Waals surface area contributed by atoms with Gasteiger partial charge in [-0.3, -0.25) is 4.79 Å². The van der Waals surface area contributed by atoms with Crippen molar-refractivity contribution in [2.45, 2.75) is 31.2 Å². The van der Waals surface area contributed by atoms with Gasteiger partial charge in [-0.2, -0.15) is 0 Å². The Morgan fingerprint density at radius 2 is 2.19 bits per heavy atom. The lowest BCUT2D eigenvalue weighted by Gasteiger charge is -2.32. The van der Waals surface area contributed by atoms with Gasteiger partial charge in [-0.05, 0) is 5.56 Å². The van der Waals surface area contributed by atoms with Crippen LogP contribution in [0, 0.1) is 0 Å². The highest BCUT2D eigenvalue weighted by molar-refractivity contribution is 5.82. The molecule has 0 aliphatic carbocycles. The Morgan fingerprint density at radius 3 is 3.00 bits per heavy atom. The maximum atomic E-state index is 11.7. The van der Waals surface area contributed by atoms with Crippen molar-refractivity contribution in [1.82, 2.24) is 5.32 Å². The van der Waals surface area contributed by atoms with Crippen molar-refractivity contribution in [3.05, 3.63) is 48.0 Å². The molecule has 2 aliphatic heterocycles. The van der Waals surface area contributed by atoms with Crippen molar-refractivity contribution < 1.29 is 19.1 Å². The van der Waals surface area contributed by atoms with Gasteiger partial charge in [0.2, 0.25) is 0 Å². The van der Waals surface area contributed by atoms with E-state index in [1.807, 2.05) is 42.5 Å². The zero-order valence-corrected chi connectivity index (χ0v) is 11.6. The summed E-state index contributed by atoms with van der Waals surface area (Å²) < 4.78 is 10.9. The lowest BCUT2D eigenvalue weighted by Crippen LogP contribution is -2.47. The van der Waals surface area contributed by atoms with Crippen LogP contribution in [0.3, 0.4) is 0 Å². The molecule has 2 atom stereocenters. The van der Waals surface area contributed by atoms with Crippen molar-refractivity contribution in [3.63, 3.8) is 0 Å². The Balaban J connectivity index is 1.48. The second kappa shape index (κ2) is 5.69. The van der Waals surface area contributed by atoms with Gasteiger partial charge < -0.3 is 14.8 Å². The fraction of sp³-hybridized carbons (Fsp3) is 0.375. The van der Waals surface area contributed by atoms with Gasteiger partial charge in [0.1, 0.15) is 18.0 Å². The molecule has 0 aromatic heterocycles. The Bertz CT molecular complexity index is 569. The molecule has 2 heterocycles. The van der Waals surface area contributed by atoms with E-state index in [9.17, 15) is 9.59 Å². The van der Waals surface area contributed by atoms with E-state index >= 15 is 0 Å². The van der Waals surface area contributed by atoms with Crippen LogP contribution in [-0.4, -0.2) is 30.1 Å². The summed E-state index contributed by atoms with van der Waals surface area (Å²) in [6, 6.07) is 9.46. The third-order valence-corrected chi connectivity index (χ3v) is 3.67. The normalized spacial score (nSPS) is 26.7. The molecule has 2 aliphatic rings. The van der Waals surface area contributed by atoms with Crippen LogP contribution in [0.25, 0.3) is 0 Å². The summed E-state index contributed by atoms with van der Waals surface area (Å²) in [5.74, 6) is 0.163. The number of alkyl carbamates (subject to hydrolysis) is 1. The number of Topliss-reactive ketones (excluding diaryl/α,β-unsaturated/α-hetero) is 1. The summed E-state index contributed by atoms with van der Waals surface area (Å²) in [4.78, 5) is 23.3. The van der Waals surface area contributed by atoms with Gasteiger partial charge in [0, 0.05) is 12.8 Å². The molecule has 1 fully saturated rings. The highest BCUT2D eigenvalue weighted by Gasteiger charge is 2.42. The average molecular weight is 287 g/mol. The molecule has 1 N–H and O–H groups in total. The minimum atomic E-state index is -0.689. The summed E-state index contributed by atoms with van der Waals surface area (Å²) in [6.07, 6.45) is 3.84. The second-order valence-electron chi connectivity index (χ2n) is 5.42. The highest BCUT2D eigenvalue weighted by atomic mass is 16.6. The van der Waals surface area contributed by atoms with Crippen molar-refractivity contribution in [2.24, 2.45) is 0 Å². The number of amides is 1. The molecule has 0 unspecified atom stereocenters. The average Bonchev–Trinajstić information content (AvgIpc) is 2.80. The SMILES string of the molecule is O=C1C[C@@H]2C=C[C@](CNC(=O)OCc3ccccc3)(C1)O2. The number of hydrogen-bond acceptors (Lipinski definition) is 4. The first-order valence-electron chi connectivity index (χ1n) is 6.99. The van der Waals surface area contributed by atoms with Gasteiger partial charge in [0.25, 0.3) is 0 Å². The molecule has 110 valence electrons. The molecule has 0 spiro atoms. The lowest BCUT2D eigenvalue weighted by molar-refractivity contribution is -0.136. The minimum absolute atomic E-state index is 0.145. The number of carbonyl (C=O) groups excluding carboxylic acids is 2. The van der Waals surface area contributed by atoms with Gasteiger partial charge in [0.05, 0.1) is 12.6 Å². The Morgan fingerprint density at radius 1 is 1.38 bits per heavy atom. The fourth-order valence-electron chi connectivity index (χ4n) is 2.66. The van der Waals surface area contributed by atoms with E-state index in [0.29, 0.717) is 12.8 Å². The van der Waals surface area contributed by atoms with Crippen LogP contribution >= 0.6 is 0 Å². The van der Waals surface area contributed by atoms with E-state index in [0.717, 1.165) is 5.56 Å². The molecule has 1 amide bonds. The lowest BCUT2D eigenvalue weighted by atomic mass is 9.95. The molecular weight excluding hydrogens is 270 g/mol. The molecule has 3 rings (SSSR count). The standard InChI is InChI=1S/C16H17NO4/c18-13-8-14-6-7-16(9-13,21-14)11-17-15(19)20-10-12-4-2-1-3-5-12/h1-7,14H,8-11H2,(H,17,19)/t14-,16+/m0/s1. The summed E-state index contributed by atoms with van der Waals surface area (Å²) >= 11 is 0. The van der Waals surface area contributed by atoms with E-state index in [1.165, 1.54) is 0 Å². The number of fused-ring (bicyclic) bond motifs is 2. The maximum absolute atomic E-state index is 11.7. The molecule has 5 nitrogen and oxygen atoms in total. The number of hydrogen-bond donors (Lipinski definition) is 1. The highest BCUT2D eigenvalue weighted by Crippen LogP contribution is 2.33. The summed E-state index contributed by atoms with van der Waals surface area (Å²) in [7, 11) is 0. The minimum Gasteiger partial charge on any atom is -0.445 e. The smallest absolute Gasteiger partial charge is 0.407 e.